The fourth-order valence-corrected chi connectivity index (χ4v) is 1.94. The highest BCUT2D eigenvalue weighted by Crippen LogP contribution is 2.14. The molecule has 0 aliphatic rings. The number of nitrogens with zero attached hydrogens (tertiary/aromatic N) is 3. The van der Waals surface area contributed by atoms with Gasteiger partial charge in [0.2, 0.25) is 0 Å². The minimum absolute atomic E-state index is 0.0901. The molecule has 0 radical (unpaired) electrons. The second-order valence-corrected chi connectivity index (χ2v) is 4.42. The Morgan fingerprint density at radius 3 is 2.79 bits per heavy atom. The standard InChI is InChI=1S/C15H14FN3/c1-19(10-12-4-3-7-18-9-12)11-14-6-2-5-13(8-17)15(14)16/h2-7,9H,10-11H2,1H3. The van der Waals surface area contributed by atoms with Gasteiger partial charge in [-0.25, -0.2) is 4.39 Å². The van der Waals surface area contributed by atoms with Crippen LogP contribution in [-0.2, 0) is 13.1 Å². The van der Waals surface area contributed by atoms with Gasteiger partial charge in [0.15, 0.2) is 0 Å². The minimum Gasteiger partial charge on any atom is -0.298 e. The van der Waals surface area contributed by atoms with E-state index in [9.17, 15) is 4.39 Å². The van der Waals surface area contributed by atoms with Crippen LogP contribution in [0.25, 0.3) is 0 Å². The van der Waals surface area contributed by atoms with Crippen LogP contribution in [0, 0.1) is 17.1 Å². The summed E-state index contributed by atoms with van der Waals surface area (Å²) >= 11 is 0. The van der Waals surface area contributed by atoms with E-state index in [4.69, 9.17) is 5.26 Å². The Balaban J connectivity index is 2.08. The number of benzene rings is 1. The van der Waals surface area contributed by atoms with Crippen LogP contribution < -0.4 is 0 Å². The predicted octanol–water partition coefficient (Wildman–Crippen LogP) is 2.72. The van der Waals surface area contributed by atoms with E-state index < -0.39 is 5.82 Å². The Bertz CT molecular complexity index is 590. The van der Waals surface area contributed by atoms with E-state index in [0.29, 0.717) is 18.7 Å². The van der Waals surface area contributed by atoms with E-state index in [1.54, 1.807) is 24.5 Å². The monoisotopic (exact) mass is 255 g/mol. The van der Waals surface area contributed by atoms with Gasteiger partial charge in [-0.1, -0.05) is 18.2 Å². The van der Waals surface area contributed by atoms with Gasteiger partial charge in [-0.05, 0) is 24.7 Å². The average Bonchev–Trinajstić information content (AvgIpc) is 2.42. The molecule has 0 bridgehead atoms. The lowest BCUT2D eigenvalue weighted by Gasteiger charge is -2.17. The maximum Gasteiger partial charge on any atom is 0.145 e. The number of hydrogen-bond acceptors (Lipinski definition) is 3. The Morgan fingerprint density at radius 1 is 1.26 bits per heavy atom. The Labute approximate surface area is 111 Å². The number of aromatic nitrogens is 1. The van der Waals surface area contributed by atoms with Gasteiger partial charge in [-0.2, -0.15) is 5.26 Å². The minimum atomic E-state index is -0.428. The highest BCUT2D eigenvalue weighted by molar-refractivity contribution is 5.34. The summed E-state index contributed by atoms with van der Waals surface area (Å²) in [4.78, 5) is 6.03. The molecule has 0 spiro atoms. The second-order valence-electron chi connectivity index (χ2n) is 4.42. The number of hydrogen-bond donors (Lipinski definition) is 0. The quantitative estimate of drug-likeness (QED) is 0.843. The molecule has 0 aliphatic heterocycles. The molecule has 0 fully saturated rings. The fraction of sp³-hybridized carbons (Fsp3) is 0.200. The van der Waals surface area contributed by atoms with Gasteiger partial charge in [0.25, 0.3) is 0 Å². The van der Waals surface area contributed by atoms with Crippen molar-refractivity contribution in [3.05, 3.63) is 65.2 Å². The molecule has 96 valence electrons. The first-order valence-corrected chi connectivity index (χ1v) is 5.95. The van der Waals surface area contributed by atoms with E-state index in [0.717, 1.165) is 5.56 Å². The topological polar surface area (TPSA) is 39.9 Å². The molecule has 0 amide bonds. The van der Waals surface area contributed by atoms with Crippen molar-refractivity contribution in [1.82, 2.24) is 9.88 Å². The summed E-state index contributed by atoms with van der Waals surface area (Å²) in [6.45, 7) is 1.14. The number of halogens is 1. The van der Waals surface area contributed by atoms with Crippen LogP contribution in [0.1, 0.15) is 16.7 Å². The van der Waals surface area contributed by atoms with Crippen molar-refractivity contribution in [3.8, 4) is 6.07 Å². The van der Waals surface area contributed by atoms with E-state index in [1.165, 1.54) is 6.07 Å². The molecule has 1 aromatic heterocycles. The van der Waals surface area contributed by atoms with Crippen molar-refractivity contribution in [1.29, 1.82) is 5.26 Å². The molecule has 1 aromatic carbocycles. The van der Waals surface area contributed by atoms with Gasteiger partial charge in [0.1, 0.15) is 11.9 Å². The first-order valence-electron chi connectivity index (χ1n) is 5.95. The summed E-state index contributed by atoms with van der Waals surface area (Å²) in [5.41, 5.74) is 1.69. The molecule has 0 aliphatic carbocycles. The highest BCUT2D eigenvalue weighted by atomic mass is 19.1. The molecule has 3 nitrogen and oxygen atoms in total. The Kier molecular flexibility index (Phi) is 4.22. The maximum absolute atomic E-state index is 13.9. The summed E-state index contributed by atoms with van der Waals surface area (Å²) in [6.07, 6.45) is 3.51. The lowest BCUT2D eigenvalue weighted by atomic mass is 10.1. The summed E-state index contributed by atoms with van der Waals surface area (Å²) < 4.78 is 13.9. The van der Waals surface area contributed by atoms with Crippen molar-refractivity contribution >= 4 is 0 Å². The third kappa shape index (κ3) is 3.36. The lowest BCUT2D eigenvalue weighted by molar-refractivity contribution is 0.313. The molecule has 0 N–H and O–H groups in total. The first-order chi connectivity index (χ1) is 9.20. The fourth-order valence-electron chi connectivity index (χ4n) is 1.94. The van der Waals surface area contributed by atoms with E-state index in [-0.39, 0.29) is 5.56 Å². The smallest absolute Gasteiger partial charge is 0.145 e. The van der Waals surface area contributed by atoms with E-state index in [1.807, 2.05) is 30.1 Å². The molecule has 0 saturated heterocycles. The zero-order valence-corrected chi connectivity index (χ0v) is 10.7. The van der Waals surface area contributed by atoms with Crippen molar-refractivity contribution in [2.75, 3.05) is 7.05 Å². The van der Waals surface area contributed by atoms with Crippen LogP contribution in [0.3, 0.4) is 0 Å². The van der Waals surface area contributed by atoms with Crippen molar-refractivity contribution in [2.24, 2.45) is 0 Å². The van der Waals surface area contributed by atoms with Gasteiger partial charge in [0, 0.05) is 31.0 Å². The summed E-state index contributed by atoms with van der Waals surface area (Å²) in [5, 5.41) is 8.80. The van der Waals surface area contributed by atoms with Crippen LogP contribution in [0.5, 0.6) is 0 Å². The molecule has 2 aromatic rings. The number of pyridine rings is 1. The van der Waals surface area contributed by atoms with Crippen LogP contribution in [0.4, 0.5) is 4.39 Å². The highest BCUT2D eigenvalue weighted by Gasteiger charge is 2.09. The average molecular weight is 255 g/mol. The molecular formula is C15H14FN3. The van der Waals surface area contributed by atoms with Gasteiger partial charge >= 0.3 is 0 Å². The third-order valence-corrected chi connectivity index (χ3v) is 2.81. The molecule has 19 heavy (non-hydrogen) atoms. The van der Waals surface area contributed by atoms with Crippen molar-refractivity contribution < 1.29 is 4.39 Å². The van der Waals surface area contributed by atoms with E-state index in [2.05, 4.69) is 4.98 Å². The zero-order valence-electron chi connectivity index (χ0n) is 10.7. The largest absolute Gasteiger partial charge is 0.298 e. The summed E-state index contributed by atoms with van der Waals surface area (Å²) in [7, 11) is 1.91. The van der Waals surface area contributed by atoms with Crippen LogP contribution in [0.15, 0.2) is 42.7 Å². The van der Waals surface area contributed by atoms with Crippen LogP contribution in [-0.4, -0.2) is 16.9 Å². The van der Waals surface area contributed by atoms with Crippen LogP contribution in [0.2, 0.25) is 0 Å². The third-order valence-electron chi connectivity index (χ3n) is 2.81. The van der Waals surface area contributed by atoms with Gasteiger partial charge in [-0.3, -0.25) is 9.88 Å². The molecule has 4 heteroatoms. The van der Waals surface area contributed by atoms with Crippen molar-refractivity contribution in [3.63, 3.8) is 0 Å². The number of rotatable bonds is 4. The molecular weight excluding hydrogens is 241 g/mol. The summed E-state index contributed by atoms with van der Waals surface area (Å²) in [5.74, 6) is -0.428. The molecule has 0 atom stereocenters. The van der Waals surface area contributed by atoms with Gasteiger partial charge in [0.05, 0.1) is 5.56 Å². The maximum atomic E-state index is 13.9. The van der Waals surface area contributed by atoms with Crippen LogP contribution >= 0.6 is 0 Å². The zero-order chi connectivity index (χ0) is 13.7. The van der Waals surface area contributed by atoms with Gasteiger partial charge in [-0.15, -0.1) is 0 Å². The van der Waals surface area contributed by atoms with Gasteiger partial charge < -0.3 is 0 Å². The normalized spacial score (nSPS) is 10.4. The lowest BCUT2D eigenvalue weighted by Crippen LogP contribution is -2.18. The second kappa shape index (κ2) is 6.07. The summed E-state index contributed by atoms with van der Waals surface area (Å²) in [6, 6.07) is 10.6. The first kappa shape index (κ1) is 13.2. The molecule has 1 heterocycles. The number of nitriles is 1. The Hall–Kier alpha value is -2.25. The predicted molar refractivity (Wildman–Crippen MR) is 70.5 cm³/mol. The molecule has 0 saturated carbocycles. The SMILES string of the molecule is CN(Cc1cccnc1)Cc1cccc(C#N)c1F. The molecule has 0 unspecified atom stereocenters. The van der Waals surface area contributed by atoms with E-state index >= 15 is 0 Å². The molecule has 2 rings (SSSR count). The Morgan fingerprint density at radius 2 is 2.11 bits per heavy atom. The van der Waals surface area contributed by atoms with Crippen molar-refractivity contribution in [2.45, 2.75) is 13.1 Å².